The molecule has 0 aliphatic carbocycles. The van der Waals surface area contributed by atoms with E-state index in [0.717, 1.165) is 10.2 Å². The second kappa shape index (κ2) is 7.81. The van der Waals surface area contributed by atoms with Gasteiger partial charge in [0.2, 0.25) is 5.13 Å². The molecule has 0 unspecified atom stereocenters. The number of sulfone groups is 1. The third-order valence-corrected chi connectivity index (χ3v) is 7.79. The van der Waals surface area contributed by atoms with Crippen molar-refractivity contribution in [2.75, 3.05) is 11.2 Å². The van der Waals surface area contributed by atoms with Crippen molar-refractivity contribution in [1.82, 2.24) is 9.97 Å². The Labute approximate surface area is 187 Å². The van der Waals surface area contributed by atoms with Crippen LogP contribution in [0.1, 0.15) is 22.5 Å². The Morgan fingerprint density at radius 1 is 1.06 bits per heavy atom. The van der Waals surface area contributed by atoms with Gasteiger partial charge in [0.25, 0.3) is 0 Å². The van der Waals surface area contributed by atoms with E-state index in [1.165, 1.54) is 23.5 Å². The minimum atomic E-state index is -3.44. The first-order valence-corrected chi connectivity index (χ1v) is 12.1. The van der Waals surface area contributed by atoms with E-state index in [2.05, 4.69) is 20.5 Å². The van der Waals surface area contributed by atoms with Crippen molar-refractivity contribution in [1.29, 1.82) is 0 Å². The SMILES string of the molecule is O=C(O)c1cccc(-c2ccc3c(c2)C(=NNc2nc4ccccc4s2)CCS3(=O)=O)n1. The molecule has 0 saturated heterocycles. The van der Waals surface area contributed by atoms with Crippen LogP contribution < -0.4 is 5.43 Å². The van der Waals surface area contributed by atoms with Gasteiger partial charge in [-0.25, -0.2) is 23.2 Å². The first-order chi connectivity index (χ1) is 15.4. The second-order valence-corrected chi connectivity index (χ2v) is 10.3. The van der Waals surface area contributed by atoms with Gasteiger partial charge in [-0.2, -0.15) is 5.10 Å². The van der Waals surface area contributed by atoms with E-state index in [4.69, 9.17) is 0 Å². The monoisotopic (exact) mass is 464 g/mol. The number of hydrogen-bond donors (Lipinski definition) is 2. The Hall–Kier alpha value is -3.63. The summed E-state index contributed by atoms with van der Waals surface area (Å²) < 4.78 is 26.3. The number of hydrazone groups is 1. The van der Waals surface area contributed by atoms with Crippen LogP contribution in [0.5, 0.6) is 0 Å². The van der Waals surface area contributed by atoms with E-state index in [1.54, 1.807) is 24.3 Å². The minimum absolute atomic E-state index is 0.0353. The highest BCUT2D eigenvalue weighted by Crippen LogP contribution is 2.31. The standard InChI is InChI=1S/C22H16N4O4S2/c27-21(28)18-6-3-5-15(23-18)13-8-9-20-14(12-13)16(10-11-32(20,29)30)25-26-22-24-17-4-1-2-7-19(17)31-22/h1-9,12H,10-11H2,(H,24,26)(H,27,28). The van der Waals surface area contributed by atoms with Crippen molar-refractivity contribution < 1.29 is 18.3 Å². The Morgan fingerprint density at radius 3 is 2.72 bits per heavy atom. The maximum atomic E-state index is 12.6. The molecule has 0 saturated carbocycles. The van der Waals surface area contributed by atoms with Gasteiger partial charge in [-0.05, 0) is 36.4 Å². The topological polar surface area (TPSA) is 122 Å². The lowest BCUT2D eigenvalue weighted by atomic mass is 10.0. The highest BCUT2D eigenvalue weighted by molar-refractivity contribution is 7.91. The number of hydrogen-bond acceptors (Lipinski definition) is 8. The van der Waals surface area contributed by atoms with Gasteiger partial charge in [0, 0.05) is 17.5 Å². The van der Waals surface area contributed by atoms with Crippen LogP contribution >= 0.6 is 11.3 Å². The van der Waals surface area contributed by atoms with Gasteiger partial charge in [0.15, 0.2) is 9.84 Å². The summed E-state index contributed by atoms with van der Waals surface area (Å²) in [6, 6.07) is 17.3. The van der Waals surface area contributed by atoms with Gasteiger partial charge in [0.05, 0.1) is 32.3 Å². The summed E-state index contributed by atoms with van der Waals surface area (Å²) >= 11 is 1.46. The Kier molecular flexibility index (Phi) is 4.95. The fraction of sp³-hybridized carbons (Fsp3) is 0.0909. The van der Waals surface area contributed by atoms with Crippen LogP contribution in [0.2, 0.25) is 0 Å². The number of benzene rings is 2. The van der Waals surface area contributed by atoms with Crippen molar-refractivity contribution in [2.24, 2.45) is 5.10 Å². The van der Waals surface area contributed by atoms with Crippen molar-refractivity contribution in [3.8, 4) is 11.3 Å². The molecule has 10 heteroatoms. The quantitative estimate of drug-likeness (QED) is 0.437. The molecule has 2 aromatic heterocycles. The zero-order valence-electron chi connectivity index (χ0n) is 16.5. The van der Waals surface area contributed by atoms with Gasteiger partial charge in [-0.3, -0.25) is 5.43 Å². The molecule has 0 atom stereocenters. The molecule has 0 radical (unpaired) electrons. The van der Waals surface area contributed by atoms with Crippen molar-refractivity contribution >= 4 is 48.2 Å². The van der Waals surface area contributed by atoms with E-state index < -0.39 is 15.8 Å². The Balaban J connectivity index is 1.55. The predicted octanol–water partition coefficient (Wildman–Crippen LogP) is 4.05. The molecule has 4 aromatic rings. The molecule has 2 aromatic carbocycles. The second-order valence-electron chi connectivity index (χ2n) is 7.15. The largest absolute Gasteiger partial charge is 0.477 e. The number of rotatable bonds is 4. The predicted molar refractivity (Wildman–Crippen MR) is 123 cm³/mol. The van der Waals surface area contributed by atoms with Crippen LogP contribution in [-0.4, -0.2) is 40.9 Å². The van der Waals surface area contributed by atoms with Crippen LogP contribution in [0.3, 0.4) is 0 Å². The molecule has 5 rings (SSSR count). The van der Waals surface area contributed by atoms with Crippen LogP contribution in [0, 0.1) is 0 Å². The van der Waals surface area contributed by atoms with Crippen LogP contribution in [0.15, 0.2) is 70.7 Å². The lowest BCUT2D eigenvalue weighted by Crippen LogP contribution is -2.23. The van der Waals surface area contributed by atoms with Crippen LogP contribution in [0.4, 0.5) is 5.13 Å². The van der Waals surface area contributed by atoms with Gasteiger partial charge < -0.3 is 5.11 Å². The van der Waals surface area contributed by atoms with Crippen LogP contribution in [-0.2, 0) is 9.84 Å². The smallest absolute Gasteiger partial charge is 0.354 e. The van der Waals surface area contributed by atoms with E-state index >= 15 is 0 Å². The van der Waals surface area contributed by atoms with Gasteiger partial charge in [0.1, 0.15) is 5.69 Å². The fourth-order valence-electron chi connectivity index (χ4n) is 3.53. The molecule has 160 valence electrons. The first kappa shape index (κ1) is 20.3. The molecule has 0 spiro atoms. The number of carboxylic acid groups (broad SMARTS) is 1. The van der Waals surface area contributed by atoms with E-state index in [1.807, 2.05) is 24.3 Å². The van der Waals surface area contributed by atoms with E-state index in [-0.39, 0.29) is 22.8 Å². The number of pyridine rings is 1. The normalized spacial score (nSPS) is 16.1. The highest BCUT2D eigenvalue weighted by Gasteiger charge is 2.28. The number of thiazole rings is 1. The molecule has 1 aliphatic rings. The lowest BCUT2D eigenvalue weighted by molar-refractivity contribution is 0.0690. The number of fused-ring (bicyclic) bond motifs is 2. The number of anilines is 1. The average Bonchev–Trinajstić information content (AvgIpc) is 3.21. The number of para-hydroxylation sites is 1. The van der Waals surface area contributed by atoms with Crippen LogP contribution in [0.25, 0.3) is 21.5 Å². The molecule has 32 heavy (non-hydrogen) atoms. The zero-order valence-corrected chi connectivity index (χ0v) is 18.2. The Bertz CT molecular complexity index is 1480. The van der Waals surface area contributed by atoms with Crippen molar-refractivity contribution in [3.63, 3.8) is 0 Å². The molecule has 2 N–H and O–H groups in total. The number of nitrogens with zero attached hydrogens (tertiary/aromatic N) is 3. The molecule has 8 nitrogen and oxygen atoms in total. The minimum Gasteiger partial charge on any atom is -0.477 e. The summed E-state index contributed by atoms with van der Waals surface area (Å²) in [7, 11) is -3.44. The number of aromatic carboxylic acids is 1. The van der Waals surface area contributed by atoms with Gasteiger partial charge in [-0.1, -0.05) is 35.6 Å². The third-order valence-electron chi connectivity index (χ3n) is 5.08. The summed E-state index contributed by atoms with van der Waals surface area (Å²) in [5.41, 5.74) is 5.85. The lowest BCUT2D eigenvalue weighted by Gasteiger charge is -2.19. The highest BCUT2D eigenvalue weighted by atomic mass is 32.2. The van der Waals surface area contributed by atoms with E-state index in [9.17, 15) is 18.3 Å². The van der Waals surface area contributed by atoms with E-state index in [0.29, 0.717) is 27.7 Å². The maximum absolute atomic E-state index is 12.6. The maximum Gasteiger partial charge on any atom is 0.354 e. The molecule has 0 bridgehead atoms. The summed E-state index contributed by atoms with van der Waals surface area (Å²) in [5, 5.41) is 14.3. The molecule has 1 aliphatic heterocycles. The zero-order chi connectivity index (χ0) is 22.3. The number of nitrogens with one attached hydrogen (secondary N) is 1. The Morgan fingerprint density at radius 2 is 1.91 bits per heavy atom. The third kappa shape index (κ3) is 3.74. The number of carboxylic acids is 1. The average molecular weight is 465 g/mol. The van der Waals surface area contributed by atoms with Crippen molar-refractivity contribution in [2.45, 2.75) is 11.3 Å². The number of carbonyl (C=O) groups is 1. The molecular formula is C22H16N4O4S2. The summed E-state index contributed by atoms with van der Waals surface area (Å²) in [4.78, 5) is 20.1. The molecule has 3 heterocycles. The first-order valence-electron chi connectivity index (χ1n) is 9.67. The fourth-order valence-corrected chi connectivity index (χ4v) is 5.81. The van der Waals surface area contributed by atoms with Gasteiger partial charge in [-0.15, -0.1) is 0 Å². The van der Waals surface area contributed by atoms with Crippen molar-refractivity contribution in [3.05, 3.63) is 71.9 Å². The van der Waals surface area contributed by atoms with Gasteiger partial charge >= 0.3 is 5.97 Å². The number of aromatic nitrogens is 2. The molecule has 0 fully saturated rings. The summed E-state index contributed by atoms with van der Waals surface area (Å²) in [5.74, 6) is -1.17. The summed E-state index contributed by atoms with van der Waals surface area (Å²) in [6.45, 7) is 0. The molecular weight excluding hydrogens is 448 g/mol. The molecule has 0 amide bonds. The summed E-state index contributed by atoms with van der Waals surface area (Å²) in [6.07, 6.45) is 0.249.